The Hall–Kier alpha value is -2.75. The first-order valence-corrected chi connectivity index (χ1v) is 8.60. The molecule has 132 valence electrons. The SMILES string of the molecule is CCN(CC)c1ccc(CNC(=O)/C=C/c2ccccc2OC)cc1. The summed E-state index contributed by atoms with van der Waals surface area (Å²) in [4.78, 5) is 14.3. The van der Waals surface area contributed by atoms with Gasteiger partial charge in [0.05, 0.1) is 7.11 Å². The van der Waals surface area contributed by atoms with Crippen LogP contribution in [0.1, 0.15) is 25.0 Å². The predicted octanol–water partition coefficient (Wildman–Crippen LogP) is 3.87. The highest BCUT2D eigenvalue weighted by atomic mass is 16.5. The largest absolute Gasteiger partial charge is 0.496 e. The number of nitrogens with zero attached hydrogens (tertiary/aromatic N) is 1. The average Bonchev–Trinajstić information content (AvgIpc) is 2.66. The molecular weight excluding hydrogens is 312 g/mol. The molecule has 0 bridgehead atoms. The fourth-order valence-corrected chi connectivity index (χ4v) is 2.63. The zero-order chi connectivity index (χ0) is 18.1. The quantitative estimate of drug-likeness (QED) is 0.743. The number of methoxy groups -OCH3 is 1. The van der Waals surface area contributed by atoms with Crippen LogP contribution in [0.5, 0.6) is 5.75 Å². The van der Waals surface area contributed by atoms with Crippen molar-refractivity contribution >= 4 is 17.7 Å². The smallest absolute Gasteiger partial charge is 0.244 e. The lowest BCUT2D eigenvalue weighted by atomic mass is 10.1. The Kier molecular flexibility index (Phi) is 7.08. The van der Waals surface area contributed by atoms with E-state index in [1.807, 2.05) is 24.3 Å². The van der Waals surface area contributed by atoms with Crippen molar-refractivity contribution in [2.24, 2.45) is 0 Å². The summed E-state index contributed by atoms with van der Waals surface area (Å²) in [7, 11) is 1.62. The van der Waals surface area contributed by atoms with Gasteiger partial charge in [-0.25, -0.2) is 0 Å². The van der Waals surface area contributed by atoms with Gasteiger partial charge in [0.15, 0.2) is 0 Å². The van der Waals surface area contributed by atoms with E-state index in [2.05, 4.69) is 48.3 Å². The molecule has 0 aliphatic heterocycles. The van der Waals surface area contributed by atoms with Crippen LogP contribution in [0.2, 0.25) is 0 Å². The van der Waals surface area contributed by atoms with Crippen LogP contribution in [0.25, 0.3) is 6.08 Å². The summed E-state index contributed by atoms with van der Waals surface area (Å²) in [6.45, 7) is 6.77. The Morgan fingerprint density at radius 3 is 2.40 bits per heavy atom. The lowest BCUT2D eigenvalue weighted by Gasteiger charge is -2.21. The molecule has 25 heavy (non-hydrogen) atoms. The van der Waals surface area contributed by atoms with Gasteiger partial charge in [0.1, 0.15) is 5.75 Å². The maximum atomic E-state index is 12.0. The number of carbonyl (C=O) groups excluding carboxylic acids is 1. The molecule has 2 rings (SSSR count). The molecule has 4 heteroatoms. The maximum absolute atomic E-state index is 12.0. The highest BCUT2D eigenvalue weighted by Gasteiger charge is 2.03. The van der Waals surface area contributed by atoms with Gasteiger partial charge in [0, 0.05) is 37.0 Å². The number of rotatable bonds is 8. The third-order valence-corrected chi connectivity index (χ3v) is 4.08. The molecule has 0 radical (unpaired) electrons. The lowest BCUT2D eigenvalue weighted by Crippen LogP contribution is -2.22. The molecule has 1 amide bonds. The molecule has 0 aliphatic carbocycles. The molecule has 0 fully saturated rings. The zero-order valence-corrected chi connectivity index (χ0v) is 15.2. The van der Waals surface area contributed by atoms with Gasteiger partial charge in [-0.05, 0) is 43.7 Å². The Bertz CT molecular complexity index is 704. The lowest BCUT2D eigenvalue weighted by molar-refractivity contribution is -0.116. The van der Waals surface area contributed by atoms with Crippen molar-refractivity contribution in [3.63, 3.8) is 0 Å². The highest BCUT2D eigenvalue weighted by Crippen LogP contribution is 2.18. The van der Waals surface area contributed by atoms with Crippen LogP contribution >= 0.6 is 0 Å². The number of benzene rings is 2. The van der Waals surface area contributed by atoms with Crippen molar-refractivity contribution in [2.75, 3.05) is 25.1 Å². The molecule has 2 aromatic carbocycles. The Balaban J connectivity index is 1.90. The van der Waals surface area contributed by atoms with Crippen molar-refractivity contribution in [2.45, 2.75) is 20.4 Å². The van der Waals surface area contributed by atoms with E-state index in [0.717, 1.165) is 30.0 Å². The normalized spacial score (nSPS) is 10.7. The second-order valence-corrected chi connectivity index (χ2v) is 5.63. The van der Waals surface area contributed by atoms with E-state index < -0.39 is 0 Å². The van der Waals surface area contributed by atoms with E-state index in [1.165, 1.54) is 11.8 Å². The van der Waals surface area contributed by atoms with Crippen LogP contribution in [-0.2, 0) is 11.3 Å². The van der Waals surface area contributed by atoms with Crippen molar-refractivity contribution in [3.8, 4) is 5.75 Å². The summed E-state index contributed by atoms with van der Waals surface area (Å²) in [5, 5.41) is 2.90. The van der Waals surface area contributed by atoms with Gasteiger partial charge in [-0.2, -0.15) is 0 Å². The Labute approximate surface area is 150 Å². The number of ether oxygens (including phenoxy) is 1. The van der Waals surface area contributed by atoms with Crippen molar-refractivity contribution in [3.05, 3.63) is 65.7 Å². The molecule has 0 unspecified atom stereocenters. The Morgan fingerprint density at radius 2 is 1.76 bits per heavy atom. The summed E-state index contributed by atoms with van der Waals surface area (Å²) >= 11 is 0. The third kappa shape index (κ3) is 5.38. The maximum Gasteiger partial charge on any atom is 0.244 e. The van der Waals surface area contributed by atoms with Gasteiger partial charge in [0.2, 0.25) is 5.91 Å². The molecule has 0 saturated heterocycles. The first-order valence-electron chi connectivity index (χ1n) is 8.60. The van der Waals surface area contributed by atoms with Gasteiger partial charge < -0.3 is 15.0 Å². The molecule has 1 N–H and O–H groups in total. The van der Waals surface area contributed by atoms with Gasteiger partial charge in [-0.3, -0.25) is 4.79 Å². The molecule has 4 nitrogen and oxygen atoms in total. The number of hydrogen-bond acceptors (Lipinski definition) is 3. The minimum absolute atomic E-state index is 0.126. The number of hydrogen-bond donors (Lipinski definition) is 1. The minimum Gasteiger partial charge on any atom is -0.496 e. The number of carbonyl (C=O) groups is 1. The van der Waals surface area contributed by atoms with E-state index in [9.17, 15) is 4.79 Å². The first-order chi connectivity index (χ1) is 12.2. The summed E-state index contributed by atoms with van der Waals surface area (Å²) in [6.07, 6.45) is 3.29. The van der Waals surface area contributed by atoms with Crippen molar-refractivity contribution in [1.29, 1.82) is 0 Å². The number of para-hydroxylation sites is 1. The second kappa shape index (κ2) is 9.52. The first kappa shape index (κ1) is 18.6. The molecule has 2 aromatic rings. The van der Waals surface area contributed by atoms with Crippen LogP contribution in [0.3, 0.4) is 0 Å². The van der Waals surface area contributed by atoms with Crippen LogP contribution in [0.4, 0.5) is 5.69 Å². The van der Waals surface area contributed by atoms with Crippen molar-refractivity contribution < 1.29 is 9.53 Å². The number of amides is 1. The van der Waals surface area contributed by atoms with Gasteiger partial charge >= 0.3 is 0 Å². The minimum atomic E-state index is -0.126. The summed E-state index contributed by atoms with van der Waals surface area (Å²) in [6, 6.07) is 15.9. The van der Waals surface area contributed by atoms with E-state index in [0.29, 0.717) is 6.54 Å². The highest BCUT2D eigenvalue weighted by molar-refractivity contribution is 5.92. The van der Waals surface area contributed by atoms with Crippen LogP contribution in [0.15, 0.2) is 54.6 Å². The van der Waals surface area contributed by atoms with Crippen LogP contribution < -0.4 is 15.0 Å². The molecule has 0 saturated carbocycles. The topological polar surface area (TPSA) is 41.6 Å². The fourth-order valence-electron chi connectivity index (χ4n) is 2.63. The van der Waals surface area contributed by atoms with Crippen LogP contribution in [0, 0.1) is 0 Å². The molecule has 0 atom stereocenters. The molecule has 0 aromatic heterocycles. The summed E-state index contributed by atoms with van der Waals surface area (Å²) in [5.41, 5.74) is 3.16. The van der Waals surface area contributed by atoms with Gasteiger partial charge in [-0.1, -0.05) is 30.3 Å². The second-order valence-electron chi connectivity index (χ2n) is 5.63. The van der Waals surface area contributed by atoms with E-state index in [4.69, 9.17) is 4.74 Å². The average molecular weight is 338 g/mol. The molecule has 0 spiro atoms. The summed E-state index contributed by atoms with van der Waals surface area (Å²) < 4.78 is 5.27. The monoisotopic (exact) mass is 338 g/mol. The fraction of sp³-hybridized carbons (Fsp3) is 0.286. The predicted molar refractivity (Wildman–Crippen MR) is 104 cm³/mol. The van der Waals surface area contributed by atoms with E-state index in [-0.39, 0.29) is 5.91 Å². The Morgan fingerprint density at radius 1 is 1.08 bits per heavy atom. The number of nitrogens with one attached hydrogen (secondary N) is 1. The molecule has 0 aliphatic rings. The van der Waals surface area contributed by atoms with E-state index >= 15 is 0 Å². The van der Waals surface area contributed by atoms with E-state index in [1.54, 1.807) is 13.2 Å². The standard InChI is InChI=1S/C21H26N2O2/c1-4-23(5-2)19-13-10-17(11-14-19)16-22-21(24)15-12-18-8-6-7-9-20(18)25-3/h6-15H,4-5,16H2,1-3H3,(H,22,24)/b15-12+. The van der Waals surface area contributed by atoms with Gasteiger partial charge in [-0.15, -0.1) is 0 Å². The van der Waals surface area contributed by atoms with Gasteiger partial charge in [0.25, 0.3) is 0 Å². The molecular formula is C21H26N2O2. The summed E-state index contributed by atoms with van der Waals surface area (Å²) in [5.74, 6) is 0.622. The zero-order valence-electron chi connectivity index (χ0n) is 15.2. The molecule has 0 heterocycles. The number of anilines is 1. The third-order valence-electron chi connectivity index (χ3n) is 4.08. The van der Waals surface area contributed by atoms with Crippen molar-refractivity contribution in [1.82, 2.24) is 5.32 Å². The van der Waals surface area contributed by atoms with Crippen LogP contribution in [-0.4, -0.2) is 26.1 Å².